The summed E-state index contributed by atoms with van der Waals surface area (Å²) in [5.41, 5.74) is 14.2. The maximum atomic E-state index is 7.05. The molecule has 0 radical (unpaired) electrons. The van der Waals surface area contributed by atoms with Crippen LogP contribution in [0.4, 0.5) is 0 Å². The fraction of sp³-hybridized carbons (Fsp3) is 0.356. The standard InChI is InChI=1S/C45H46N4O2/c1-23-18-26(4)38-33(19-23)44(11)45(12,43(38,9)10)51-41(48-44)30-21-36(28(6)47-27(30)5)50-35-22-34-32(20-25(35)3)42(7,8)31-15-13-14-29-37-24(2)16-17-46-40(37)49(34)39(29)31/h13-22H,1-12H3/t44-,45+/m1/s1. The van der Waals surface area contributed by atoms with Crippen molar-refractivity contribution in [1.82, 2.24) is 14.5 Å². The largest absolute Gasteiger partial charge is 0.467 e. The number of aromatic nitrogens is 3. The number of rotatable bonds is 3. The van der Waals surface area contributed by atoms with Crippen LogP contribution in [0.15, 0.2) is 65.8 Å². The van der Waals surface area contributed by atoms with Crippen LogP contribution in [-0.4, -0.2) is 26.0 Å². The molecule has 2 aliphatic heterocycles. The zero-order chi connectivity index (χ0) is 36.2. The highest BCUT2D eigenvalue weighted by molar-refractivity contribution is 6.11. The number of aryl methyl sites for hydroxylation is 6. The first-order valence-corrected chi connectivity index (χ1v) is 18.1. The topological polar surface area (TPSA) is 61.5 Å². The minimum Gasteiger partial charge on any atom is -0.467 e. The molecule has 2 atom stereocenters. The summed E-state index contributed by atoms with van der Waals surface area (Å²) >= 11 is 0. The number of para-hydroxylation sites is 1. The first-order chi connectivity index (χ1) is 24.0. The predicted molar refractivity (Wildman–Crippen MR) is 206 cm³/mol. The van der Waals surface area contributed by atoms with E-state index in [1.165, 1.54) is 55.2 Å². The average Bonchev–Trinajstić information content (AvgIpc) is 3.58. The summed E-state index contributed by atoms with van der Waals surface area (Å²) in [7, 11) is 0. The van der Waals surface area contributed by atoms with Gasteiger partial charge in [0.05, 0.1) is 28.2 Å². The summed E-state index contributed by atoms with van der Waals surface area (Å²) in [4.78, 5) is 15.4. The number of hydrogen-bond donors (Lipinski definition) is 0. The van der Waals surface area contributed by atoms with Crippen LogP contribution in [0, 0.1) is 41.5 Å². The van der Waals surface area contributed by atoms with Gasteiger partial charge >= 0.3 is 0 Å². The number of aliphatic imine (C=N–C) groups is 1. The first-order valence-electron chi connectivity index (χ1n) is 18.1. The van der Waals surface area contributed by atoms with E-state index in [2.05, 4.69) is 128 Å². The summed E-state index contributed by atoms with van der Waals surface area (Å²) < 4.78 is 16.3. The number of pyridine rings is 2. The van der Waals surface area contributed by atoms with Gasteiger partial charge in [-0.25, -0.2) is 9.98 Å². The van der Waals surface area contributed by atoms with E-state index in [9.17, 15) is 0 Å². The van der Waals surface area contributed by atoms with Crippen molar-refractivity contribution in [1.29, 1.82) is 0 Å². The highest BCUT2D eigenvalue weighted by Crippen LogP contribution is 2.62. The van der Waals surface area contributed by atoms with Gasteiger partial charge in [-0.05, 0) is 113 Å². The highest BCUT2D eigenvalue weighted by atomic mass is 16.5. The molecule has 9 rings (SSSR count). The quantitative estimate of drug-likeness (QED) is 0.187. The Morgan fingerprint density at radius 2 is 1.49 bits per heavy atom. The molecule has 0 N–H and O–H groups in total. The zero-order valence-corrected chi connectivity index (χ0v) is 31.9. The minimum absolute atomic E-state index is 0.212. The van der Waals surface area contributed by atoms with Crippen molar-refractivity contribution in [2.45, 2.75) is 105 Å². The molecule has 0 unspecified atom stereocenters. The molecule has 6 nitrogen and oxygen atoms in total. The lowest BCUT2D eigenvalue weighted by Gasteiger charge is -2.41. The summed E-state index contributed by atoms with van der Waals surface area (Å²) in [6.45, 7) is 26.4. The molecular weight excluding hydrogens is 629 g/mol. The Morgan fingerprint density at radius 3 is 2.25 bits per heavy atom. The number of benzene rings is 3. The second-order valence-corrected chi connectivity index (χ2v) is 16.7. The third kappa shape index (κ3) is 3.86. The monoisotopic (exact) mass is 674 g/mol. The Morgan fingerprint density at radius 1 is 0.725 bits per heavy atom. The Labute approximate surface area is 300 Å². The van der Waals surface area contributed by atoms with Crippen LogP contribution in [-0.2, 0) is 21.1 Å². The second kappa shape index (κ2) is 9.87. The molecule has 51 heavy (non-hydrogen) atoms. The van der Waals surface area contributed by atoms with Crippen LogP contribution in [0.1, 0.15) is 103 Å². The van der Waals surface area contributed by atoms with Crippen molar-refractivity contribution < 1.29 is 9.47 Å². The third-order valence-corrected chi connectivity index (χ3v) is 12.9. The van der Waals surface area contributed by atoms with E-state index < -0.39 is 11.1 Å². The van der Waals surface area contributed by atoms with Crippen molar-refractivity contribution in [3.8, 4) is 17.2 Å². The Hall–Kier alpha value is -4.97. The van der Waals surface area contributed by atoms with Gasteiger partial charge in [-0.3, -0.25) is 9.55 Å². The number of nitrogens with zero attached hydrogens (tertiary/aromatic N) is 4. The summed E-state index contributed by atoms with van der Waals surface area (Å²) in [5, 5.41) is 2.43. The molecule has 3 aromatic carbocycles. The minimum atomic E-state index is -0.579. The molecule has 3 aliphatic rings. The zero-order valence-electron chi connectivity index (χ0n) is 31.9. The van der Waals surface area contributed by atoms with Gasteiger partial charge in [0.2, 0.25) is 5.90 Å². The number of fused-ring (bicyclic) bond motifs is 8. The molecule has 6 aromatic rings. The van der Waals surface area contributed by atoms with Crippen molar-refractivity contribution >= 4 is 27.8 Å². The van der Waals surface area contributed by atoms with E-state index in [-0.39, 0.29) is 10.8 Å². The highest BCUT2D eigenvalue weighted by Gasteiger charge is 2.68. The molecule has 3 aromatic heterocycles. The van der Waals surface area contributed by atoms with Crippen LogP contribution in [0.5, 0.6) is 11.5 Å². The van der Waals surface area contributed by atoms with Crippen molar-refractivity contribution in [3.63, 3.8) is 0 Å². The van der Waals surface area contributed by atoms with Crippen molar-refractivity contribution in [2.24, 2.45) is 4.99 Å². The smallest absolute Gasteiger partial charge is 0.219 e. The van der Waals surface area contributed by atoms with Gasteiger partial charge in [-0.1, -0.05) is 63.6 Å². The Balaban J connectivity index is 1.18. The Kier molecular flexibility index (Phi) is 6.19. The van der Waals surface area contributed by atoms with Gasteiger partial charge in [-0.15, -0.1) is 0 Å². The molecule has 0 amide bonds. The van der Waals surface area contributed by atoms with Crippen molar-refractivity contribution in [2.75, 3.05) is 0 Å². The van der Waals surface area contributed by atoms with Crippen LogP contribution in [0.25, 0.3) is 27.6 Å². The van der Waals surface area contributed by atoms with Gasteiger partial charge in [-0.2, -0.15) is 0 Å². The molecular formula is C45H46N4O2. The normalized spacial score (nSPS) is 22.1. The lowest BCUT2D eigenvalue weighted by molar-refractivity contribution is -0.0138. The molecule has 0 fully saturated rings. The lowest BCUT2D eigenvalue weighted by Crippen LogP contribution is -2.51. The molecule has 0 bridgehead atoms. The molecule has 5 heterocycles. The van der Waals surface area contributed by atoms with Gasteiger partial charge in [0, 0.05) is 33.9 Å². The van der Waals surface area contributed by atoms with Crippen molar-refractivity contribution in [3.05, 3.63) is 122 Å². The number of ether oxygens (including phenoxy) is 2. The van der Waals surface area contributed by atoms with Gasteiger partial charge in [0.1, 0.15) is 28.3 Å². The number of hydrogen-bond acceptors (Lipinski definition) is 5. The summed E-state index contributed by atoms with van der Waals surface area (Å²) in [6, 6.07) is 19.9. The van der Waals surface area contributed by atoms with E-state index in [1.54, 1.807) is 0 Å². The fourth-order valence-electron chi connectivity index (χ4n) is 9.85. The summed E-state index contributed by atoms with van der Waals surface area (Å²) in [5.74, 6) is 2.10. The average molecular weight is 675 g/mol. The van der Waals surface area contributed by atoms with Crippen LogP contribution in [0.2, 0.25) is 0 Å². The second-order valence-electron chi connectivity index (χ2n) is 16.7. The predicted octanol–water partition coefficient (Wildman–Crippen LogP) is 10.6. The maximum absolute atomic E-state index is 7.05. The van der Waals surface area contributed by atoms with E-state index in [0.29, 0.717) is 11.6 Å². The van der Waals surface area contributed by atoms with Crippen LogP contribution < -0.4 is 4.74 Å². The Bertz CT molecular complexity index is 2590. The molecule has 0 saturated heterocycles. The molecule has 6 heteroatoms. The first kappa shape index (κ1) is 32.0. The maximum Gasteiger partial charge on any atom is 0.219 e. The lowest BCUT2D eigenvalue weighted by atomic mass is 9.70. The van der Waals surface area contributed by atoms with E-state index in [1.807, 2.05) is 20.0 Å². The molecule has 258 valence electrons. The van der Waals surface area contributed by atoms with Gasteiger partial charge in [0.15, 0.2) is 0 Å². The van der Waals surface area contributed by atoms with Gasteiger partial charge < -0.3 is 9.47 Å². The van der Waals surface area contributed by atoms with E-state index in [0.717, 1.165) is 39.6 Å². The summed E-state index contributed by atoms with van der Waals surface area (Å²) in [6.07, 6.45) is 1.92. The molecule has 0 spiro atoms. The third-order valence-electron chi connectivity index (χ3n) is 12.9. The SMILES string of the molecule is Cc1cc(C)c2c(c1)[C@@]1(C)N=C(c3cc(Oc4cc5c(cc4C)C(C)(C)c4cccc6c7c(C)ccnc7n-5c46)c(C)nc3C)O[C@@]1(C)C2(C)C. The van der Waals surface area contributed by atoms with E-state index >= 15 is 0 Å². The van der Waals surface area contributed by atoms with Gasteiger partial charge in [0.25, 0.3) is 0 Å². The molecule has 1 aliphatic carbocycles. The van der Waals surface area contributed by atoms with E-state index in [4.69, 9.17) is 24.4 Å². The van der Waals surface area contributed by atoms with Crippen LogP contribution >= 0.6 is 0 Å². The molecule has 0 saturated carbocycles. The van der Waals surface area contributed by atoms with Crippen LogP contribution in [0.3, 0.4) is 0 Å². The fourth-order valence-corrected chi connectivity index (χ4v) is 9.85.